The Bertz CT molecular complexity index is 1330. The third-order valence-corrected chi connectivity index (χ3v) is 7.48. The number of carbonyl (C=O) groups is 1. The maximum Gasteiger partial charge on any atom is 0.460 e. The fourth-order valence-corrected chi connectivity index (χ4v) is 5.31. The van der Waals surface area contributed by atoms with Gasteiger partial charge in [0.25, 0.3) is 5.69 Å². The maximum absolute atomic E-state index is 13.6. The molecule has 0 bridgehead atoms. The van der Waals surface area contributed by atoms with Crippen LogP contribution in [-0.2, 0) is 14.6 Å². The van der Waals surface area contributed by atoms with Gasteiger partial charge in [0.15, 0.2) is 9.84 Å². The van der Waals surface area contributed by atoms with Crippen LogP contribution in [0.25, 0.3) is 0 Å². The van der Waals surface area contributed by atoms with E-state index >= 15 is 0 Å². The predicted molar refractivity (Wildman–Crippen MR) is 114 cm³/mol. The second-order valence-corrected chi connectivity index (χ2v) is 11.2. The minimum Gasteiger partial charge on any atom is -0.325 e. The molecule has 2 aromatic carbocycles. The first-order valence-corrected chi connectivity index (χ1v) is 12.5. The van der Waals surface area contributed by atoms with E-state index in [1.54, 1.807) is 0 Å². The Kier molecular flexibility index (Phi) is 8.94. The first-order valence-electron chi connectivity index (χ1n) is 9.24. The van der Waals surface area contributed by atoms with Crippen LogP contribution in [0.1, 0.15) is 0 Å². The van der Waals surface area contributed by atoms with E-state index in [-0.39, 0.29) is 0 Å². The number of anilines is 1. The highest BCUT2D eigenvalue weighted by molar-refractivity contribution is 8.00. The van der Waals surface area contributed by atoms with Crippen molar-refractivity contribution in [2.75, 3.05) is 11.1 Å². The van der Waals surface area contributed by atoms with Gasteiger partial charge in [-0.05, 0) is 53.9 Å². The molecule has 0 saturated carbocycles. The molecule has 7 nitrogen and oxygen atoms in total. The fourth-order valence-electron chi connectivity index (χ4n) is 2.56. The van der Waals surface area contributed by atoms with E-state index in [4.69, 9.17) is 0 Å². The van der Waals surface area contributed by atoms with E-state index in [9.17, 15) is 67.2 Å². The number of benzene rings is 2. The number of sulfone groups is 1. The summed E-state index contributed by atoms with van der Waals surface area (Å²) in [5, 5.41) is 7.38. The molecular formula is C18H10F10N2O5S3. The van der Waals surface area contributed by atoms with Gasteiger partial charge < -0.3 is 5.32 Å². The van der Waals surface area contributed by atoms with Gasteiger partial charge in [-0.3, -0.25) is 14.9 Å². The lowest BCUT2D eigenvalue weighted by molar-refractivity contribution is -0.388. The Labute approximate surface area is 214 Å². The number of carbonyl (C=O) groups excluding carboxylic acids is 1. The minimum absolute atomic E-state index is 0.320. The van der Waals surface area contributed by atoms with Crippen LogP contribution >= 0.6 is 23.5 Å². The lowest BCUT2D eigenvalue weighted by Crippen LogP contribution is -2.49. The Morgan fingerprint density at radius 3 is 2.00 bits per heavy atom. The Morgan fingerprint density at radius 2 is 1.47 bits per heavy atom. The summed E-state index contributed by atoms with van der Waals surface area (Å²) in [6.07, 6.45) is -6.59. The van der Waals surface area contributed by atoms with E-state index in [1.165, 1.54) is 0 Å². The molecule has 0 fully saturated rings. The number of amides is 1. The Morgan fingerprint density at radius 1 is 0.895 bits per heavy atom. The summed E-state index contributed by atoms with van der Waals surface area (Å²) in [7, 11) is -4.88. The molecule has 0 aliphatic carbocycles. The summed E-state index contributed by atoms with van der Waals surface area (Å²) >= 11 is -1.96. The molecule has 2 rings (SSSR count). The number of alkyl halides is 10. The quantitative estimate of drug-likeness (QED) is 0.148. The van der Waals surface area contributed by atoms with E-state index < -0.39 is 98.9 Å². The molecule has 0 aliphatic heterocycles. The van der Waals surface area contributed by atoms with Crippen molar-refractivity contribution in [1.29, 1.82) is 0 Å². The average molecular weight is 620 g/mol. The highest BCUT2D eigenvalue weighted by atomic mass is 32.2. The third kappa shape index (κ3) is 7.65. The SMILES string of the molecule is O=C(CS(=O)(=O)c1ccc(SC(F)(F)F)cc1[N+](=O)[O-])Nc1cccc(SC(F)(F)C(F)(F)C(F)(F)F)c1. The second-order valence-electron chi connectivity index (χ2n) is 6.96. The molecule has 20 heteroatoms. The van der Waals surface area contributed by atoms with Crippen LogP contribution in [0.4, 0.5) is 55.3 Å². The monoisotopic (exact) mass is 620 g/mol. The minimum atomic E-state index is -6.59. The van der Waals surface area contributed by atoms with Crippen LogP contribution in [0, 0.1) is 10.1 Å². The van der Waals surface area contributed by atoms with Gasteiger partial charge in [-0.15, -0.1) is 0 Å². The average Bonchev–Trinajstić information content (AvgIpc) is 2.70. The lowest BCUT2D eigenvalue weighted by Gasteiger charge is -2.27. The molecular weight excluding hydrogens is 610 g/mol. The fraction of sp³-hybridized carbons (Fsp3) is 0.278. The zero-order chi connectivity index (χ0) is 29.3. The van der Waals surface area contributed by atoms with Gasteiger partial charge in [-0.2, -0.15) is 43.9 Å². The number of nitrogens with zero attached hydrogens (tertiary/aromatic N) is 1. The summed E-state index contributed by atoms with van der Waals surface area (Å²) in [5.74, 6) is -9.43. The predicted octanol–water partition coefficient (Wildman–Crippen LogP) is 6.50. The highest BCUT2D eigenvalue weighted by Crippen LogP contribution is 2.54. The van der Waals surface area contributed by atoms with Crippen LogP contribution in [0.15, 0.2) is 57.2 Å². The second kappa shape index (κ2) is 10.8. The molecule has 0 atom stereocenters. The van der Waals surface area contributed by atoms with Crippen LogP contribution in [-0.4, -0.2) is 47.9 Å². The summed E-state index contributed by atoms with van der Waals surface area (Å²) < 4.78 is 153. The topological polar surface area (TPSA) is 106 Å². The van der Waals surface area contributed by atoms with Crippen molar-refractivity contribution in [1.82, 2.24) is 0 Å². The maximum atomic E-state index is 13.6. The number of hydrogen-bond donors (Lipinski definition) is 1. The largest absolute Gasteiger partial charge is 0.460 e. The number of nitro benzene ring substituents is 1. The van der Waals surface area contributed by atoms with E-state index in [0.29, 0.717) is 30.3 Å². The molecule has 1 amide bonds. The molecule has 0 heterocycles. The van der Waals surface area contributed by atoms with Crippen LogP contribution in [0.5, 0.6) is 0 Å². The number of nitro groups is 1. The summed E-state index contributed by atoms with van der Waals surface area (Å²) in [5.41, 5.74) is -6.65. The van der Waals surface area contributed by atoms with Crippen molar-refractivity contribution < 1.29 is 62.0 Å². The number of halogens is 10. The lowest BCUT2D eigenvalue weighted by atomic mass is 10.3. The molecule has 0 spiro atoms. The van der Waals surface area contributed by atoms with Crippen molar-refractivity contribution >= 4 is 50.6 Å². The highest BCUT2D eigenvalue weighted by Gasteiger charge is 2.73. The van der Waals surface area contributed by atoms with Crippen LogP contribution in [0.2, 0.25) is 0 Å². The van der Waals surface area contributed by atoms with Crippen molar-refractivity contribution in [2.24, 2.45) is 0 Å². The number of thioether (sulfide) groups is 2. The Balaban J connectivity index is 2.24. The summed E-state index contributed by atoms with van der Waals surface area (Å²) in [6.45, 7) is 0. The smallest absolute Gasteiger partial charge is 0.325 e. The molecule has 0 saturated heterocycles. The zero-order valence-corrected chi connectivity index (χ0v) is 20.2. The number of nitrogens with one attached hydrogen (secondary N) is 1. The van der Waals surface area contributed by atoms with Gasteiger partial charge in [0, 0.05) is 21.5 Å². The van der Waals surface area contributed by atoms with Gasteiger partial charge in [0.2, 0.25) is 5.91 Å². The first-order chi connectivity index (χ1) is 17.1. The standard InChI is InChI=1S/C18H10F10N2O5S3/c19-15(20,16(21,22)23)17(24,25)36-10-3-1-2-9(6-10)29-14(31)8-38(34,35)13-5-4-11(37-18(26,27)28)7-12(13)30(32)33/h1-7H,8H2,(H,29,31). The number of hydrogen-bond acceptors (Lipinski definition) is 7. The van der Waals surface area contributed by atoms with Crippen molar-refractivity contribution in [3.05, 3.63) is 52.6 Å². The van der Waals surface area contributed by atoms with E-state index in [0.717, 1.165) is 12.1 Å². The van der Waals surface area contributed by atoms with Crippen molar-refractivity contribution in [3.8, 4) is 0 Å². The van der Waals surface area contributed by atoms with E-state index in [1.807, 2.05) is 5.32 Å². The summed E-state index contributed by atoms with van der Waals surface area (Å²) in [4.78, 5) is 19.4. The molecule has 0 unspecified atom stereocenters. The van der Waals surface area contributed by atoms with Crippen molar-refractivity contribution in [2.45, 2.75) is 37.5 Å². The molecule has 210 valence electrons. The van der Waals surface area contributed by atoms with Gasteiger partial charge in [-0.25, -0.2) is 8.42 Å². The van der Waals surface area contributed by atoms with E-state index in [2.05, 4.69) is 0 Å². The zero-order valence-electron chi connectivity index (χ0n) is 17.7. The van der Waals surface area contributed by atoms with Gasteiger partial charge in [0.05, 0.1) is 4.92 Å². The van der Waals surface area contributed by atoms with Crippen LogP contribution in [0.3, 0.4) is 0 Å². The summed E-state index contributed by atoms with van der Waals surface area (Å²) in [6, 6.07) is 4.40. The third-order valence-electron chi connectivity index (χ3n) is 4.10. The normalized spacial score (nSPS) is 13.3. The molecule has 38 heavy (non-hydrogen) atoms. The molecule has 2 aromatic rings. The van der Waals surface area contributed by atoms with Gasteiger partial charge >= 0.3 is 22.9 Å². The van der Waals surface area contributed by atoms with Crippen LogP contribution < -0.4 is 5.32 Å². The first kappa shape index (κ1) is 31.5. The van der Waals surface area contributed by atoms with Crippen molar-refractivity contribution in [3.63, 3.8) is 0 Å². The molecule has 0 aliphatic rings. The molecule has 0 radical (unpaired) electrons. The molecule has 1 N–H and O–H groups in total. The molecule has 0 aromatic heterocycles. The number of rotatable bonds is 9. The van der Waals surface area contributed by atoms with Gasteiger partial charge in [0.1, 0.15) is 10.6 Å². The Hall–Kier alpha value is -2.74. The van der Waals surface area contributed by atoms with Gasteiger partial charge in [-0.1, -0.05) is 6.07 Å².